The smallest absolute Gasteiger partial charge is 0.257 e. The zero-order chi connectivity index (χ0) is 14.0. The minimum atomic E-state index is -0.184. The van der Waals surface area contributed by atoms with E-state index in [1.165, 1.54) is 12.8 Å². The molecule has 0 bridgehead atoms. The Kier molecular flexibility index (Phi) is 4.27. The molecule has 0 amide bonds. The number of nitrogens with zero attached hydrogens (tertiary/aromatic N) is 1. The standard InChI is InChI=1S/C15H24N2O2/c1-4-12-14(18)16-13(17-15(12)19)11-7-5-10(6-8-11)9(2)3/h9-11H,4-8H2,1-3H3,(H2,16,17,18,19). The monoisotopic (exact) mass is 264 g/mol. The second kappa shape index (κ2) is 5.76. The summed E-state index contributed by atoms with van der Waals surface area (Å²) in [5.41, 5.74) is 0.204. The van der Waals surface area contributed by atoms with Crippen LogP contribution in [-0.2, 0) is 6.42 Å². The van der Waals surface area contributed by atoms with Gasteiger partial charge in [0.25, 0.3) is 5.56 Å². The van der Waals surface area contributed by atoms with Gasteiger partial charge in [-0.2, -0.15) is 4.98 Å². The molecule has 106 valence electrons. The maximum absolute atomic E-state index is 11.9. The molecule has 1 fully saturated rings. The van der Waals surface area contributed by atoms with Gasteiger partial charge >= 0.3 is 0 Å². The first-order valence-corrected chi connectivity index (χ1v) is 7.35. The van der Waals surface area contributed by atoms with Crippen LogP contribution >= 0.6 is 0 Å². The number of aromatic nitrogens is 2. The number of aromatic hydroxyl groups is 1. The molecule has 1 saturated carbocycles. The summed E-state index contributed by atoms with van der Waals surface area (Å²) >= 11 is 0. The first-order chi connectivity index (χ1) is 9.02. The molecule has 1 aromatic heterocycles. The topological polar surface area (TPSA) is 66.0 Å². The van der Waals surface area contributed by atoms with Gasteiger partial charge in [0.15, 0.2) is 0 Å². The number of hydrogen-bond donors (Lipinski definition) is 2. The minimum Gasteiger partial charge on any atom is -0.493 e. The molecule has 0 aliphatic heterocycles. The molecule has 0 aromatic carbocycles. The third-order valence-corrected chi connectivity index (χ3v) is 4.47. The molecular formula is C15H24N2O2. The van der Waals surface area contributed by atoms with Crippen LogP contribution in [0.2, 0.25) is 0 Å². The highest BCUT2D eigenvalue weighted by molar-refractivity contribution is 5.23. The molecule has 2 N–H and O–H groups in total. The summed E-state index contributed by atoms with van der Waals surface area (Å²) in [6.07, 6.45) is 4.98. The Labute approximate surface area is 114 Å². The summed E-state index contributed by atoms with van der Waals surface area (Å²) in [5.74, 6) is 2.38. The average molecular weight is 264 g/mol. The van der Waals surface area contributed by atoms with Crippen molar-refractivity contribution in [1.82, 2.24) is 9.97 Å². The number of nitrogens with one attached hydrogen (secondary N) is 1. The first-order valence-electron chi connectivity index (χ1n) is 7.35. The van der Waals surface area contributed by atoms with Crippen LogP contribution < -0.4 is 5.56 Å². The maximum Gasteiger partial charge on any atom is 0.257 e. The van der Waals surface area contributed by atoms with Crippen LogP contribution in [0.1, 0.15) is 63.8 Å². The van der Waals surface area contributed by atoms with E-state index >= 15 is 0 Å². The molecule has 0 atom stereocenters. The lowest BCUT2D eigenvalue weighted by Gasteiger charge is -2.30. The van der Waals surface area contributed by atoms with Crippen molar-refractivity contribution in [3.8, 4) is 5.88 Å². The van der Waals surface area contributed by atoms with E-state index in [2.05, 4.69) is 23.8 Å². The fourth-order valence-corrected chi connectivity index (χ4v) is 3.07. The van der Waals surface area contributed by atoms with Crippen molar-refractivity contribution in [2.24, 2.45) is 11.8 Å². The van der Waals surface area contributed by atoms with E-state index in [0.717, 1.165) is 24.7 Å². The van der Waals surface area contributed by atoms with E-state index in [4.69, 9.17) is 0 Å². The van der Waals surface area contributed by atoms with Gasteiger partial charge in [-0.3, -0.25) is 4.79 Å². The van der Waals surface area contributed by atoms with Crippen molar-refractivity contribution in [2.45, 2.75) is 58.8 Å². The maximum atomic E-state index is 11.9. The van der Waals surface area contributed by atoms with Gasteiger partial charge in [-0.15, -0.1) is 0 Å². The summed E-state index contributed by atoms with van der Waals surface area (Å²) in [7, 11) is 0. The van der Waals surface area contributed by atoms with Crippen LogP contribution in [0.15, 0.2) is 4.79 Å². The van der Waals surface area contributed by atoms with E-state index in [1.54, 1.807) is 0 Å². The average Bonchev–Trinajstić information content (AvgIpc) is 2.38. The van der Waals surface area contributed by atoms with Gasteiger partial charge in [-0.25, -0.2) is 0 Å². The summed E-state index contributed by atoms with van der Waals surface area (Å²) in [5, 5.41) is 9.81. The highest BCUT2D eigenvalue weighted by atomic mass is 16.3. The number of H-pyrrole nitrogens is 1. The number of aromatic amines is 1. The summed E-state index contributed by atoms with van der Waals surface area (Å²) in [4.78, 5) is 18.9. The van der Waals surface area contributed by atoms with Gasteiger partial charge in [0, 0.05) is 5.92 Å². The fraction of sp³-hybridized carbons (Fsp3) is 0.733. The van der Waals surface area contributed by atoms with E-state index in [0.29, 0.717) is 23.7 Å². The molecule has 4 nitrogen and oxygen atoms in total. The highest BCUT2D eigenvalue weighted by Crippen LogP contribution is 2.37. The van der Waals surface area contributed by atoms with Gasteiger partial charge < -0.3 is 10.1 Å². The Morgan fingerprint density at radius 3 is 2.42 bits per heavy atom. The Hall–Kier alpha value is -1.32. The third-order valence-electron chi connectivity index (χ3n) is 4.47. The molecule has 0 unspecified atom stereocenters. The SMILES string of the molecule is CCc1c(O)nc(C2CCC(C(C)C)CC2)[nH]c1=O. The zero-order valence-electron chi connectivity index (χ0n) is 12.1. The summed E-state index contributed by atoms with van der Waals surface area (Å²) in [6.45, 7) is 6.39. The quantitative estimate of drug-likeness (QED) is 0.882. The molecule has 1 aliphatic rings. The highest BCUT2D eigenvalue weighted by Gasteiger charge is 2.26. The van der Waals surface area contributed by atoms with E-state index in [9.17, 15) is 9.90 Å². The zero-order valence-corrected chi connectivity index (χ0v) is 12.1. The van der Waals surface area contributed by atoms with Gasteiger partial charge in [0.05, 0.1) is 5.56 Å². The number of rotatable bonds is 3. The van der Waals surface area contributed by atoms with Crippen LogP contribution in [0.3, 0.4) is 0 Å². The number of hydrogen-bond acceptors (Lipinski definition) is 3. The van der Waals surface area contributed by atoms with Crippen molar-refractivity contribution in [3.05, 3.63) is 21.7 Å². The third kappa shape index (κ3) is 2.99. The van der Waals surface area contributed by atoms with E-state index in [-0.39, 0.29) is 11.4 Å². The van der Waals surface area contributed by atoms with Crippen molar-refractivity contribution in [1.29, 1.82) is 0 Å². The first kappa shape index (κ1) is 14.1. The predicted octanol–water partition coefficient (Wildman–Crippen LogP) is 2.97. The van der Waals surface area contributed by atoms with Crippen molar-refractivity contribution in [3.63, 3.8) is 0 Å². The largest absolute Gasteiger partial charge is 0.493 e. The minimum absolute atomic E-state index is 0.0905. The molecular weight excluding hydrogens is 240 g/mol. The summed E-state index contributed by atoms with van der Waals surface area (Å²) < 4.78 is 0. The molecule has 1 aromatic rings. The van der Waals surface area contributed by atoms with Crippen molar-refractivity contribution in [2.75, 3.05) is 0 Å². The Morgan fingerprint density at radius 2 is 1.95 bits per heavy atom. The molecule has 19 heavy (non-hydrogen) atoms. The van der Waals surface area contributed by atoms with Crippen LogP contribution in [-0.4, -0.2) is 15.1 Å². The predicted molar refractivity (Wildman–Crippen MR) is 75.4 cm³/mol. The van der Waals surface area contributed by atoms with E-state index < -0.39 is 0 Å². The van der Waals surface area contributed by atoms with Crippen LogP contribution in [0.5, 0.6) is 5.88 Å². The van der Waals surface area contributed by atoms with Crippen LogP contribution in [0.4, 0.5) is 0 Å². The van der Waals surface area contributed by atoms with Gasteiger partial charge in [-0.05, 0) is 43.9 Å². The van der Waals surface area contributed by atoms with Gasteiger partial charge in [0.1, 0.15) is 5.82 Å². The molecule has 4 heteroatoms. The lowest BCUT2D eigenvalue weighted by molar-refractivity contribution is 0.253. The molecule has 1 heterocycles. The van der Waals surface area contributed by atoms with Gasteiger partial charge in [-0.1, -0.05) is 20.8 Å². The fourth-order valence-electron chi connectivity index (χ4n) is 3.07. The lowest BCUT2D eigenvalue weighted by Crippen LogP contribution is -2.22. The molecule has 0 saturated heterocycles. The van der Waals surface area contributed by atoms with Crippen LogP contribution in [0, 0.1) is 11.8 Å². The van der Waals surface area contributed by atoms with E-state index in [1.807, 2.05) is 6.92 Å². The Morgan fingerprint density at radius 1 is 1.32 bits per heavy atom. The van der Waals surface area contributed by atoms with Gasteiger partial charge in [0.2, 0.25) is 5.88 Å². The normalized spacial score (nSPS) is 23.8. The Bertz CT molecular complexity index is 485. The van der Waals surface area contributed by atoms with Crippen molar-refractivity contribution < 1.29 is 5.11 Å². The second-order valence-electron chi connectivity index (χ2n) is 5.96. The second-order valence-corrected chi connectivity index (χ2v) is 5.96. The Balaban J connectivity index is 2.14. The van der Waals surface area contributed by atoms with Crippen LogP contribution in [0.25, 0.3) is 0 Å². The summed E-state index contributed by atoms with van der Waals surface area (Å²) in [6, 6.07) is 0. The lowest BCUT2D eigenvalue weighted by atomic mass is 9.77. The molecule has 2 rings (SSSR count). The van der Waals surface area contributed by atoms with Crippen molar-refractivity contribution >= 4 is 0 Å². The molecule has 0 radical (unpaired) electrons. The molecule has 1 aliphatic carbocycles. The molecule has 0 spiro atoms.